The maximum Gasteiger partial charge on any atom is 0.165 e. The largest absolute Gasteiger partial charge is 0.493 e. The summed E-state index contributed by atoms with van der Waals surface area (Å²) >= 11 is 12.5. The summed E-state index contributed by atoms with van der Waals surface area (Å²) in [5.74, 6) is 0.881. The fraction of sp³-hybridized carbons (Fsp3) is 0.444. The number of hydrogen-bond acceptors (Lipinski definition) is 5. The Morgan fingerprint density at radius 2 is 1.53 bits per heavy atom. The van der Waals surface area contributed by atoms with Crippen molar-refractivity contribution in [2.24, 2.45) is 10.8 Å². The Labute approximate surface area is 265 Å². The summed E-state index contributed by atoms with van der Waals surface area (Å²) in [4.78, 5) is 30.3. The summed E-state index contributed by atoms with van der Waals surface area (Å²) in [6, 6.07) is 9.31. The van der Waals surface area contributed by atoms with Gasteiger partial charge in [-0.2, -0.15) is 0 Å². The lowest BCUT2D eigenvalue weighted by atomic mass is 9.63. The minimum absolute atomic E-state index is 0.112. The average molecular weight is 623 g/mol. The number of Topliss-reactive ketones (excluding diaryl/α,β-unsaturated/α-hetero) is 2. The van der Waals surface area contributed by atoms with Crippen LogP contribution in [0, 0.1) is 10.8 Å². The summed E-state index contributed by atoms with van der Waals surface area (Å²) in [5, 5.41) is 1.08. The number of allylic oxidation sites excluding steroid dienone is 5. The van der Waals surface area contributed by atoms with Gasteiger partial charge in [0.25, 0.3) is 0 Å². The van der Waals surface area contributed by atoms with E-state index in [1.807, 2.05) is 18.2 Å². The van der Waals surface area contributed by atoms with Crippen LogP contribution in [0.5, 0.6) is 11.5 Å². The second kappa shape index (κ2) is 11.8. The van der Waals surface area contributed by atoms with Gasteiger partial charge in [-0.3, -0.25) is 9.59 Å². The number of nitrogens with zero attached hydrogens (tertiary/aromatic N) is 1. The third kappa shape index (κ3) is 6.04. The first-order valence-electron chi connectivity index (χ1n) is 15.0. The minimum atomic E-state index is -0.461. The van der Waals surface area contributed by atoms with Gasteiger partial charge in [0, 0.05) is 69.0 Å². The van der Waals surface area contributed by atoms with Crippen LogP contribution in [0.25, 0.3) is 0 Å². The number of methoxy groups -OCH3 is 1. The molecule has 2 aromatic rings. The molecule has 3 aliphatic rings. The third-order valence-corrected chi connectivity index (χ3v) is 9.38. The van der Waals surface area contributed by atoms with Gasteiger partial charge in [-0.05, 0) is 60.8 Å². The molecule has 1 heterocycles. The van der Waals surface area contributed by atoms with Gasteiger partial charge in [0.15, 0.2) is 23.1 Å². The SMILES string of the molecule is C=CCc1cc(C2C3=C(CC(C)(C)CC3=O)N(CC)C3=C2C(=O)CC(C)(C)C3)cc(OC)c1OCc1ccc(Cl)cc1Cl. The highest BCUT2D eigenvalue weighted by atomic mass is 35.5. The molecule has 0 unspecified atom stereocenters. The first kappa shape index (κ1) is 31.4. The molecule has 7 heteroatoms. The van der Waals surface area contributed by atoms with E-state index in [-0.39, 0.29) is 29.0 Å². The number of halogens is 2. The zero-order chi connectivity index (χ0) is 31.3. The highest BCUT2D eigenvalue weighted by Crippen LogP contribution is 2.55. The normalized spacial score (nSPS) is 19.8. The molecule has 43 heavy (non-hydrogen) atoms. The smallest absolute Gasteiger partial charge is 0.165 e. The molecule has 5 nitrogen and oxygen atoms in total. The summed E-state index contributed by atoms with van der Waals surface area (Å²) in [5.41, 5.74) is 5.82. The van der Waals surface area contributed by atoms with E-state index in [1.54, 1.807) is 19.2 Å². The van der Waals surface area contributed by atoms with Crippen molar-refractivity contribution < 1.29 is 19.1 Å². The molecule has 0 N–H and O–H groups in total. The number of hydrogen-bond donors (Lipinski definition) is 0. The van der Waals surface area contributed by atoms with Crippen molar-refractivity contribution in [3.63, 3.8) is 0 Å². The second-order valence-electron chi connectivity index (χ2n) is 13.5. The molecule has 0 bridgehead atoms. The first-order valence-corrected chi connectivity index (χ1v) is 15.7. The maximum absolute atomic E-state index is 14.0. The molecule has 2 aromatic carbocycles. The molecule has 0 amide bonds. The minimum Gasteiger partial charge on any atom is -0.493 e. The molecule has 0 spiro atoms. The van der Waals surface area contributed by atoms with Crippen LogP contribution in [0.15, 0.2) is 65.5 Å². The van der Waals surface area contributed by atoms with Gasteiger partial charge in [-0.25, -0.2) is 0 Å². The lowest BCUT2D eigenvalue weighted by Crippen LogP contribution is -2.44. The van der Waals surface area contributed by atoms with Crippen molar-refractivity contribution in [2.45, 2.75) is 79.2 Å². The predicted octanol–water partition coefficient (Wildman–Crippen LogP) is 9.02. The number of carbonyl (C=O) groups is 2. The van der Waals surface area contributed by atoms with E-state index in [4.69, 9.17) is 32.7 Å². The van der Waals surface area contributed by atoms with Gasteiger partial charge in [0.1, 0.15) is 6.61 Å². The lowest BCUT2D eigenvalue weighted by Gasteiger charge is -2.49. The molecular weight excluding hydrogens is 581 g/mol. The van der Waals surface area contributed by atoms with E-state index in [9.17, 15) is 9.59 Å². The van der Waals surface area contributed by atoms with Gasteiger partial charge in [-0.15, -0.1) is 6.58 Å². The van der Waals surface area contributed by atoms with E-state index < -0.39 is 5.92 Å². The highest BCUT2D eigenvalue weighted by molar-refractivity contribution is 6.35. The number of rotatable bonds is 8. The van der Waals surface area contributed by atoms with E-state index in [0.29, 0.717) is 47.4 Å². The monoisotopic (exact) mass is 621 g/mol. The van der Waals surface area contributed by atoms with E-state index in [0.717, 1.165) is 52.1 Å². The van der Waals surface area contributed by atoms with Gasteiger partial charge in [0.2, 0.25) is 0 Å². The number of benzene rings is 2. The quantitative estimate of drug-likeness (QED) is 0.275. The highest BCUT2D eigenvalue weighted by Gasteiger charge is 2.48. The standard InChI is InChI=1S/C36H41Cl2NO4/c1-8-10-21-13-23(14-30(42-7)34(21)43-20-22-11-12-24(37)15-25(22)38)31-32-26(16-35(3,4)18-28(32)40)39(9-2)27-17-36(5,6)19-29(41)33(27)31/h8,11-15,31H,1,9-10,16-20H2,2-7H3. The van der Waals surface area contributed by atoms with Crippen LogP contribution < -0.4 is 9.47 Å². The Balaban J connectivity index is 1.68. The Morgan fingerprint density at radius 3 is 2.05 bits per heavy atom. The summed E-state index contributed by atoms with van der Waals surface area (Å²) in [7, 11) is 1.61. The number of ether oxygens (including phenoxy) is 2. The molecule has 2 aliphatic carbocycles. The van der Waals surface area contributed by atoms with Gasteiger partial charge < -0.3 is 14.4 Å². The fourth-order valence-corrected chi connectivity index (χ4v) is 7.49. The molecule has 0 fully saturated rings. The van der Waals surface area contributed by atoms with Crippen molar-refractivity contribution in [1.29, 1.82) is 0 Å². The van der Waals surface area contributed by atoms with Crippen molar-refractivity contribution in [3.05, 3.63) is 92.3 Å². The van der Waals surface area contributed by atoms with Gasteiger partial charge in [-0.1, -0.05) is 69.1 Å². The van der Waals surface area contributed by atoms with Crippen LogP contribution in [0.4, 0.5) is 0 Å². The van der Waals surface area contributed by atoms with Crippen LogP contribution in [0.2, 0.25) is 10.0 Å². The molecule has 0 aromatic heterocycles. The zero-order valence-corrected chi connectivity index (χ0v) is 27.5. The third-order valence-electron chi connectivity index (χ3n) is 8.80. The molecule has 0 atom stereocenters. The second-order valence-corrected chi connectivity index (χ2v) is 14.4. The molecule has 0 saturated carbocycles. The lowest BCUT2D eigenvalue weighted by molar-refractivity contribution is -0.119. The van der Waals surface area contributed by atoms with Crippen LogP contribution in [-0.4, -0.2) is 30.1 Å². The van der Waals surface area contributed by atoms with Gasteiger partial charge >= 0.3 is 0 Å². The van der Waals surface area contributed by atoms with Crippen LogP contribution >= 0.6 is 23.2 Å². The van der Waals surface area contributed by atoms with Crippen molar-refractivity contribution in [1.82, 2.24) is 4.90 Å². The topological polar surface area (TPSA) is 55.8 Å². The van der Waals surface area contributed by atoms with Gasteiger partial charge in [0.05, 0.1) is 7.11 Å². The number of ketones is 2. The van der Waals surface area contributed by atoms with E-state index in [2.05, 4.69) is 52.2 Å². The summed E-state index contributed by atoms with van der Waals surface area (Å²) in [6.07, 6.45) is 4.79. The summed E-state index contributed by atoms with van der Waals surface area (Å²) < 4.78 is 12.2. The fourth-order valence-electron chi connectivity index (χ4n) is 7.02. The zero-order valence-electron chi connectivity index (χ0n) is 26.0. The first-order chi connectivity index (χ1) is 20.3. The van der Waals surface area contributed by atoms with Crippen LogP contribution in [-0.2, 0) is 22.6 Å². The van der Waals surface area contributed by atoms with Crippen LogP contribution in [0.3, 0.4) is 0 Å². The molecule has 1 aliphatic heterocycles. The Bertz CT molecular complexity index is 1510. The molecule has 228 valence electrons. The Hall–Kier alpha value is -3.02. The van der Waals surface area contributed by atoms with Crippen molar-refractivity contribution >= 4 is 34.8 Å². The number of carbonyl (C=O) groups excluding carboxylic acids is 2. The molecule has 0 radical (unpaired) electrons. The average Bonchev–Trinajstić information content (AvgIpc) is 2.90. The van der Waals surface area contributed by atoms with E-state index >= 15 is 0 Å². The molecule has 0 saturated heterocycles. The van der Waals surface area contributed by atoms with Crippen molar-refractivity contribution in [2.75, 3.05) is 13.7 Å². The maximum atomic E-state index is 14.0. The van der Waals surface area contributed by atoms with E-state index in [1.165, 1.54) is 0 Å². The molecule has 5 rings (SSSR count). The predicted molar refractivity (Wildman–Crippen MR) is 173 cm³/mol. The summed E-state index contributed by atoms with van der Waals surface area (Å²) in [6.45, 7) is 15.6. The van der Waals surface area contributed by atoms with Crippen LogP contribution in [0.1, 0.15) is 82.9 Å². The van der Waals surface area contributed by atoms with Crippen molar-refractivity contribution in [3.8, 4) is 11.5 Å². The Morgan fingerprint density at radius 1 is 0.930 bits per heavy atom. The molecular formula is C36H41Cl2NO4. The Kier molecular flexibility index (Phi) is 8.63.